The molecule has 0 bridgehead atoms. The first-order valence-corrected chi connectivity index (χ1v) is 6.20. The predicted octanol–water partition coefficient (Wildman–Crippen LogP) is 2.91. The maximum Gasteiger partial charge on any atom is 0.125 e. The molecule has 0 atom stereocenters. The molecule has 2 heterocycles. The second kappa shape index (κ2) is 4.15. The van der Waals surface area contributed by atoms with E-state index in [0.29, 0.717) is 0 Å². The topological polar surface area (TPSA) is 8.17 Å². The minimum Gasteiger partial charge on any atom is -0.350 e. The van der Waals surface area contributed by atoms with Crippen LogP contribution in [0.5, 0.6) is 0 Å². The van der Waals surface area contributed by atoms with Crippen LogP contribution in [0.4, 0.5) is 4.39 Å². The fourth-order valence-electron chi connectivity index (χ4n) is 2.75. The maximum absolute atomic E-state index is 13.2. The summed E-state index contributed by atoms with van der Waals surface area (Å²) >= 11 is 0. The largest absolute Gasteiger partial charge is 0.350 e. The summed E-state index contributed by atoms with van der Waals surface area (Å²) in [5, 5.41) is 1.18. The van der Waals surface area contributed by atoms with Gasteiger partial charge >= 0.3 is 0 Å². The number of nitrogens with zero attached hydrogens (tertiary/aromatic N) is 2. The molecular weight excluding hydrogens is 215 g/mol. The van der Waals surface area contributed by atoms with Crippen molar-refractivity contribution in [2.24, 2.45) is 7.05 Å². The van der Waals surface area contributed by atoms with Gasteiger partial charge in [-0.3, -0.25) is 4.90 Å². The van der Waals surface area contributed by atoms with Gasteiger partial charge in [-0.15, -0.1) is 0 Å². The molecule has 0 unspecified atom stereocenters. The minimum atomic E-state index is -0.161. The lowest BCUT2D eigenvalue weighted by molar-refractivity contribution is 0.332. The van der Waals surface area contributed by atoms with Gasteiger partial charge in [0.1, 0.15) is 5.82 Å². The Labute approximate surface area is 101 Å². The molecule has 1 aliphatic heterocycles. The summed E-state index contributed by atoms with van der Waals surface area (Å²) in [4.78, 5) is 2.47. The third kappa shape index (κ3) is 1.95. The average molecular weight is 232 g/mol. The molecule has 1 aliphatic rings. The number of hydrogen-bond donors (Lipinski definition) is 0. The maximum atomic E-state index is 13.2. The van der Waals surface area contributed by atoms with Crippen molar-refractivity contribution in [3.63, 3.8) is 0 Å². The quantitative estimate of drug-likeness (QED) is 0.773. The number of fused-ring (bicyclic) bond motifs is 1. The van der Waals surface area contributed by atoms with E-state index in [9.17, 15) is 4.39 Å². The third-order valence-corrected chi connectivity index (χ3v) is 3.63. The summed E-state index contributed by atoms with van der Waals surface area (Å²) in [5.41, 5.74) is 2.29. The number of benzene rings is 1. The number of aryl methyl sites for hydroxylation is 1. The first-order valence-electron chi connectivity index (χ1n) is 6.20. The first kappa shape index (κ1) is 10.8. The fourth-order valence-corrected chi connectivity index (χ4v) is 2.75. The molecule has 1 saturated heterocycles. The van der Waals surface area contributed by atoms with Gasteiger partial charge in [0.2, 0.25) is 0 Å². The smallest absolute Gasteiger partial charge is 0.125 e. The van der Waals surface area contributed by atoms with Crippen LogP contribution in [0.2, 0.25) is 0 Å². The second-order valence-electron chi connectivity index (χ2n) is 4.91. The van der Waals surface area contributed by atoms with Crippen molar-refractivity contribution in [1.29, 1.82) is 0 Å². The van der Waals surface area contributed by atoms with E-state index in [1.807, 2.05) is 17.7 Å². The summed E-state index contributed by atoms with van der Waals surface area (Å²) in [6.45, 7) is 3.37. The lowest BCUT2D eigenvalue weighted by Gasteiger charge is -2.13. The van der Waals surface area contributed by atoms with Gasteiger partial charge in [0, 0.05) is 25.2 Å². The van der Waals surface area contributed by atoms with Gasteiger partial charge in [-0.05, 0) is 49.7 Å². The normalized spacial score (nSPS) is 17.1. The van der Waals surface area contributed by atoms with Crippen LogP contribution in [0, 0.1) is 5.82 Å². The summed E-state index contributed by atoms with van der Waals surface area (Å²) in [7, 11) is 1.98. The van der Waals surface area contributed by atoms with E-state index < -0.39 is 0 Å². The standard InChI is InChI=1S/C14H17FN2/c1-16-9-11(10-17-6-2-3-7-17)13-5-4-12(15)8-14(13)16/h4-5,8-9H,2-3,6-7,10H2,1H3. The molecule has 3 heteroatoms. The first-order chi connectivity index (χ1) is 8.24. The Hall–Kier alpha value is -1.35. The van der Waals surface area contributed by atoms with Crippen molar-refractivity contribution in [3.05, 3.63) is 35.8 Å². The lowest BCUT2D eigenvalue weighted by atomic mass is 10.1. The zero-order chi connectivity index (χ0) is 11.8. The van der Waals surface area contributed by atoms with Crippen molar-refractivity contribution in [3.8, 4) is 0 Å². The Morgan fingerprint density at radius 3 is 2.76 bits per heavy atom. The van der Waals surface area contributed by atoms with Crippen molar-refractivity contribution >= 4 is 10.9 Å². The second-order valence-corrected chi connectivity index (χ2v) is 4.91. The molecule has 0 N–H and O–H groups in total. The number of rotatable bonds is 2. The van der Waals surface area contributed by atoms with E-state index in [1.165, 1.54) is 36.9 Å². The molecule has 0 radical (unpaired) electrons. The summed E-state index contributed by atoms with van der Waals surface area (Å²) in [6, 6.07) is 5.06. The van der Waals surface area contributed by atoms with Gasteiger partial charge in [-0.2, -0.15) is 0 Å². The highest BCUT2D eigenvalue weighted by molar-refractivity contribution is 5.83. The van der Waals surface area contributed by atoms with Crippen LogP contribution < -0.4 is 0 Å². The van der Waals surface area contributed by atoms with Crippen LogP contribution in [0.25, 0.3) is 10.9 Å². The number of hydrogen-bond acceptors (Lipinski definition) is 1. The van der Waals surface area contributed by atoms with E-state index in [2.05, 4.69) is 11.1 Å². The van der Waals surface area contributed by atoms with E-state index >= 15 is 0 Å². The molecule has 0 aliphatic carbocycles. The Balaban J connectivity index is 1.98. The molecular formula is C14H17FN2. The SMILES string of the molecule is Cn1cc(CN2CCCC2)c2ccc(F)cc21. The third-order valence-electron chi connectivity index (χ3n) is 3.63. The van der Waals surface area contributed by atoms with Crippen LogP contribution in [0.15, 0.2) is 24.4 Å². The molecule has 1 aromatic carbocycles. The molecule has 3 rings (SSSR count). The highest BCUT2D eigenvalue weighted by Gasteiger charge is 2.15. The van der Waals surface area contributed by atoms with Gasteiger partial charge in [0.15, 0.2) is 0 Å². The van der Waals surface area contributed by atoms with Crippen LogP contribution in [-0.4, -0.2) is 22.6 Å². The molecule has 1 fully saturated rings. The summed E-state index contributed by atoms with van der Waals surface area (Å²) < 4.78 is 15.2. The molecule has 17 heavy (non-hydrogen) atoms. The van der Waals surface area contributed by atoms with E-state index in [1.54, 1.807) is 12.1 Å². The average Bonchev–Trinajstić information content (AvgIpc) is 2.89. The zero-order valence-corrected chi connectivity index (χ0v) is 10.1. The molecule has 0 saturated carbocycles. The molecule has 0 spiro atoms. The van der Waals surface area contributed by atoms with Gasteiger partial charge in [-0.25, -0.2) is 4.39 Å². The predicted molar refractivity (Wildman–Crippen MR) is 67.4 cm³/mol. The van der Waals surface area contributed by atoms with Gasteiger partial charge < -0.3 is 4.57 Å². The number of halogens is 1. The molecule has 2 nitrogen and oxygen atoms in total. The Morgan fingerprint density at radius 2 is 2.00 bits per heavy atom. The van der Waals surface area contributed by atoms with E-state index in [4.69, 9.17) is 0 Å². The zero-order valence-electron chi connectivity index (χ0n) is 10.1. The number of aromatic nitrogens is 1. The Kier molecular flexibility index (Phi) is 2.63. The highest BCUT2D eigenvalue weighted by atomic mass is 19.1. The van der Waals surface area contributed by atoms with E-state index in [-0.39, 0.29) is 5.82 Å². The van der Waals surface area contributed by atoms with Crippen LogP contribution in [0.1, 0.15) is 18.4 Å². The minimum absolute atomic E-state index is 0.161. The van der Waals surface area contributed by atoms with Gasteiger partial charge in [0.05, 0.1) is 5.52 Å². The molecule has 1 aromatic heterocycles. The summed E-state index contributed by atoms with van der Waals surface area (Å²) in [5.74, 6) is -0.161. The Bertz CT molecular complexity index is 538. The Morgan fingerprint density at radius 1 is 1.24 bits per heavy atom. The monoisotopic (exact) mass is 232 g/mol. The van der Waals surface area contributed by atoms with Crippen molar-refractivity contribution < 1.29 is 4.39 Å². The van der Waals surface area contributed by atoms with Gasteiger partial charge in [-0.1, -0.05) is 0 Å². The van der Waals surface area contributed by atoms with Crippen molar-refractivity contribution in [2.45, 2.75) is 19.4 Å². The van der Waals surface area contributed by atoms with Crippen LogP contribution in [-0.2, 0) is 13.6 Å². The fraction of sp³-hybridized carbons (Fsp3) is 0.429. The lowest BCUT2D eigenvalue weighted by Crippen LogP contribution is -2.18. The van der Waals surface area contributed by atoms with Crippen molar-refractivity contribution in [1.82, 2.24) is 9.47 Å². The number of likely N-dealkylation sites (tertiary alicyclic amines) is 1. The molecule has 0 amide bonds. The molecule has 90 valence electrons. The van der Waals surface area contributed by atoms with Crippen molar-refractivity contribution in [2.75, 3.05) is 13.1 Å². The van der Waals surface area contributed by atoms with Crippen LogP contribution >= 0.6 is 0 Å². The van der Waals surface area contributed by atoms with E-state index in [0.717, 1.165) is 12.1 Å². The molecule has 2 aromatic rings. The summed E-state index contributed by atoms with van der Waals surface area (Å²) in [6.07, 6.45) is 4.74. The highest BCUT2D eigenvalue weighted by Crippen LogP contribution is 2.24. The van der Waals surface area contributed by atoms with Gasteiger partial charge in [0.25, 0.3) is 0 Å². The van der Waals surface area contributed by atoms with Crippen LogP contribution in [0.3, 0.4) is 0 Å².